The molecule has 4 heteroatoms. The molecule has 1 aromatic heterocycles. The van der Waals surface area contributed by atoms with E-state index in [1.54, 1.807) is 0 Å². The maximum absolute atomic E-state index is 6.03. The zero-order valence-corrected chi connectivity index (χ0v) is 13.9. The van der Waals surface area contributed by atoms with Crippen molar-refractivity contribution in [3.8, 4) is 0 Å². The van der Waals surface area contributed by atoms with Crippen LogP contribution in [0.25, 0.3) is 0 Å². The summed E-state index contributed by atoms with van der Waals surface area (Å²) in [4.78, 5) is 0. The van der Waals surface area contributed by atoms with E-state index in [1.165, 1.54) is 5.56 Å². The molecule has 0 amide bonds. The van der Waals surface area contributed by atoms with Gasteiger partial charge in [0.05, 0.1) is 12.3 Å². The standard InChI is InChI=1S/C16H31N3O/c1-7-17-14(15(20-8-2)16(3,4)5)10-9-13-11-18-19(6)12-13/h11-12,14-15,17H,7-10H2,1-6H3. The third-order valence-electron chi connectivity index (χ3n) is 3.53. The Balaban J connectivity index is 2.69. The molecule has 0 saturated carbocycles. The Morgan fingerprint density at radius 3 is 2.50 bits per heavy atom. The van der Waals surface area contributed by atoms with E-state index in [-0.39, 0.29) is 11.5 Å². The van der Waals surface area contributed by atoms with Gasteiger partial charge >= 0.3 is 0 Å². The Morgan fingerprint density at radius 2 is 2.05 bits per heavy atom. The first kappa shape index (κ1) is 17.2. The third kappa shape index (κ3) is 5.25. The Morgan fingerprint density at radius 1 is 1.35 bits per heavy atom. The fraction of sp³-hybridized carbons (Fsp3) is 0.812. The zero-order valence-electron chi connectivity index (χ0n) is 13.9. The summed E-state index contributed by atoms with van der Waals surface area (Å²) < 4.78 is 7.89. The molecular formula is C16H31N3O. The second-order valence-electron chi connectivity index (χ2n) is 6.47. The highest BCUT2D eigenvalue weighted by molar-refractivity contribution is 5.04. The number of ether oxygens (including phenoxy) is 1. The van der Waals surface area contributed by atoms with Gasteiger partial charge in [-0.3, -0.25) is 4.68 Å². The molecule has 1 rings (SSSR count). The summed E-state index contributed by atoms with van der Waals surface area (Å²) in [6.45, 7) is 12.7. The van der Waals surface area contributed by atoms with Crippen LogP contribution in [0.3, 0.4) is 0 Å². The summed E-state index contributed by atoms with van der Waals surface area (Å²) in [6, 6.07) is 0.375. The van der Waals surface area contributed by atoms with Crippen LogP contribution >= 0.6 is 0 Å². The topological polar surface area (TPSA) is 39.1 Å². The second-order valence-corrected chi connectivity index (χ2v) is 6.47. The van der Waals surface area contributed by atoms with Crippen LogP contribution in [-0.2, 0) is 18.2 Å². The average Bonchev–Trinajstić information content (AvgIpc) is 2.76. The number of nitrogens with zero attached hydrogens (tertiary/aromatic N) is 2. The Labute approximate surface area is 123 Å². The van der Waals surface area contributed by atoms with E-state index >= 15 is 0 Å². The van der Waals surface area contributed by atoms with Gasteiger partial charge < -0.3 is 10.1 Å². The van der Waals surface area contributed by atoms with Crippen molar-refractivity contribution in [2.75, 3.05) is 13.2 Å². The van der Waals surface area contributed by atoms with Crippen molar-refractivity contribution >= 4 is 0 Å². The Kier molecular flexibility index (Phi) is 6.69. The molecule has 0 aliphatic heterocycles. The number of rotatable bonds is 8. The molecule has 0 aliphatic carbocycles. The number of nitrogens with one attached hydrogen (secondary N) is 1. The molecule has 4 nitrogen and oxygen atoms in total. The minimum Gasteiger partial charge on any atom is -0.376 e. The number of likely N-dealkylation sites (N-methyl/N-ethyl adjacent to an activating group) is 1. The molecule has 1 N–H and O–H groups in total. The normalized spacial score (nSPS) is 15.3. The van der Waals surface area contributed by atoms with E-state index in [0.29, 0.717) is 6.04 Å². The van der Waals surface area contributed by atoms with E-state index in [0.717, 1.165) is 26.0 Å². The van der Waals surface area contributed by atoms with Gasteiger partial charge in [-0.1, -0.05) is 27.7 Å². The quantitative estimate of drug-likeness (QED) is 0.796. The fourth-order valence-electron chi connectivity index (χ4n) is 2.70. The van der Waals surface area contributed by atoms with Crippen LogP contribution in [0, 0.1) is 5.41 Å². The van der Waals surface area contributed by atoms with Gasteiger partial charge in [0.15, 0.2) is 0 Å². The summed E-state index contributed by atoms with van der Waals surface area (Å²) in [6.07, 6.45) is 6.38. The lowest BCUT2D eigenvalue weighted by Crippen LogP contribution is -2.48. The minimum absolute atomic E-state index is 0.137. The van der Waals surface area contributed by atoms with Gasteiger partial charge in [-0.25, -0.2) is 0 Å². The van der Waals surface area contributed by atoms with Crippen LogP contribution < -0.4 is 5.32 Å². The van der Waals surface area contributed by atoms with Crippen LogP contribution in [0.4, 0.5) is 0 Å². The van der Waals surface area contributed by atoms with E-state index in [4.69, 9.17) is 4.74 Å². The van der Waals surface area contributed by atoms with Gasteiger partial charge in [-0.05, 0) is 37.3 Å². The summed E-state index contributed by atoms with van der Waals surface area (Å²) in [7, 11) is 1.96. The van der Waals surface area contributed by atoms with Gasteiger partial charge in [-0.2, -0.15) is 5.10 Å². The molecule has 0 aliphatic rings. The molecule has 116 valence electrons. The van der Waals surface area contributed by atoms with Crippen molar-refractivity contribution in [3.63, 3.8) is 0 Å². The van der Waals surface area contributed by atoms with Gasteiger partial charge in [0.25, 0.3) is 0 Å². The largest absolute Gasteiger partial charge is 0.376 e. The van der Waals surface area contributed by atoms with E-state index < -0.39 is 0 Å². The van der Waals surface area contributed by atoms with Crippen molar-refractivity contribution in [3.05, 3.63) is 18.0 Å². The van der Waals surface area contributed by atoms with Crippen LogP contribution in [0.5, 0.6) is 0 Å². The molecule has 2 atom stereocenters. The molecule has 1 heterocycles. The molecule has 0 fully saturated rings. The summed E-state index contributed by atoms with van der Waals surface area (Å²) in [5.74, 6) is 0. The first-order valence-electron chi connectivity index (χ1n) is 7.71. The first-order chi connectivity index (χ1) is 9.38. The molecule has 20 heavy (non-hydrogen) atoms. The molecule has 0 saturated heterocycles. The van der Waals surface area contributed by atoms with E-state index in [1.807, 2.05) is 17.9 Å². The van der Waals surface area contributed by atoms with Crippen molar-refractivity contribution in [2.24, 2.45) is 12.5 Å². The van der Waals surface area contributed by atoms with Crippen LogP contribution in [-0.4, -0.2) is 35.1 Å². The SMILES string of the molecule is CCNC(CCc1cnn(C)c1)C(OCC)C(C)(C)C. The lowest BCUT2D eigenvalue weighted by molar-refractivity contribution is -0.0369. The molecule has 0 radical (unpaired) electrons. The lowest BCUT2D eigenvalue weighted by Gasteiger charge is -2.37. The number of aryl methyl sites for hydroxylation is 2. The molecule has 1 aromatic rings. The maximum Gasteiger partial charge on any atom is 0.0776 e. The molecular weight excluding hydrogens is 250 g/mol. The van der Waals surface area contributed by atoms with Gasteiger partial charge in [0.2, 0.25) is 0 Å². The summed E-state index contributed by atoms with van der Waals surface area (Å²) in [5.41, 5.74) is 1.43. The van der Waals surface area contributed by atoms with Crippen molar-refractivity contribution in [1.29, 1.82) is 0 Å². The maximum atomic E-state index is 6.03. The predicted octanol–water partition coefficient (Wildman–Crippen LogP) is 2.78. The molecule has 0 aromatic carbocycles. The summed E-state index contributed by atoms with van der Waals surface area (Å²) in [5, 5.41) is 7.83. The summed E-state index contributed by atoms with van der Waals surface area (Å²) >= 11 is 0. The first-order valence-corrected chi connectivity index (χ1v) is 7.71. The highest BCUT2D eigenvalue weighted by Crippen LogP contribution is 2.27. The van der Waals surface area contributed by atoms with Crippen LogP contribution in [0.1, 0.15) is 46.6 Å². The fourth-order valence-corrected chi connectivity index (χ4v) is 2.70. The van der Waals surface area contributed by atoms with Crippen LogP contribution in [0.15, 0.2) is 12.4 Å². The number of hydrogen-bond donors (Lipinski definition) is 1. The van der Waals surface area contributed by atoms with Crippen LogP contribution in [0.2, 0.25) is 0 Å². The number of hydrogen-bond acceptors (Lipinski definition) is 3. The average molecular weight is 281 g/mol. The van der Waals surface area contributed by atoms with Gasteiger partial charge in [-0.15, -0.1) is 0 Å². The number of aromatic nitrogens is 2. The Bertz CT molecular complexity index is 381. The third-order valence-corrected chi connectivity index (χ3v) is 3.53. The van der Waals surface area contributed by atoms with E-state index in [2.05, 4.69) is 51.2 Å². The Hall–Kier alpha value is -0.870. The van der Waals surface area contributed by atoms with Gasteiger partial charge in [0, 0.05) is 25.9 Å². The van der Waals surface area contributed by atoms with E-state index in [9.17, 15) is 0 Å². The van der Waals surface area contributed by atoms with Gasteiger partial charge in [0.1, 0.15) is 0 Å². The van der Waals surface area contributed by atoms with Crippen molar-refractivity contribution in [2.45, 2.75) is 59.6 Å². The second kappa shape index (κ2) is 7.79. The molecule has 2 unspecified atom stereocenters. The van der Waals surface area contributed by atoms with Crippen molar-refractivity contribution < 1.29 is 4.74 Å². The smallest absolute Gasteiger partial charge is 0.0776 e. The molecule has 0 bridgehead atoms. The highest BCUT2D eigenvalue weighted by Gasteiger charge is 2.32. The predicted molar refractivity (Wildman–Crippen MR) is 83.9 cm³/mol. The highest BCUT2D eigenvalue weighted by atomic mass is 16.5. The monoisotopic (exact) mass is 281 g/mol. The van der Waals surface area contributed by atoms with Crippen molar-refractivity contribution in [1.82, 2.24) is 15.1 Å². The zero-order chi connectivity index (χ0) is 15.2. The molecule has 0 spiro atoms. The lowest BCUT2D eigenvalue weighted by atomic mass is 9.82. The minimum atomic E-state index is 0.137.